The Bertz CT molecular complexity index is 228. The van der Waals surface area contributed by atoms with Crippen molar-refractivity contribution in [3.05, 3.63) is 0 Å². The lowest BCUT2D eigenvalue weighted by Crippen LogP contribution is -2.61. The van der Waals surface area contributed by atoms with Gasteiger partial charge in [-0.25, -0.2) is 0 Å². The minimum atomic E-state index is -0.217. The van der Waals surface area contributed by atoms with Crippen LogP contribution >= 0.6 is 0 Å². The van der Waals surface area contributed by atoms with Gasteiger partial charge in [0.15, 0.2) is 0 Å². The molecular formula is C11H21NO3. The third-order valence-electron chi connectivity index (χ3n) is 3.27. The van der Waals surface area contributed by atoms with E-state index in [4.69, 9.17) is 4.74 Å². The van der Waals surface area contributed by atoms with Crippen molar-refractivity contribution in [1.82, 2.24) is 5.32 Å². The second kappa shape index (κ2) is 4.94. The molecule has 0 heterocycles. The number of hydrogen-bond acceptors (Lipinski definition) is 4. The molecule has 1 rings (SSSR count). The SMILES string of the molecule is CCOC1CC(NCC(=O)OC)C1(C)C. The van der Waals surface area contributed by atoms with Gasteiger partial charge in [0, 0.05) is 18.1 Å². The lowest BCUT2D eigenvalue weighted by Gasteiger charge is -2.51. The number of ether oxygens (including phenoxy) is 2. The van der Waals surface area contributed by atoms with Crippen LogP contribution < -0.4 is 5.32 Å². The maximum absolute atomic E-state index is 11.0. The number of carbonyl (C=O) groups excluding carboxylic acids is 1. The predicted molar refractivity (Wildman–Crippen MR) is 57.6 cm³/mol. The topological polar surface area (TPSA) is 47.6 Å². The molecule has 1 fully saturated rings. The normalized spacial score (nSPS) is 28.3. The van der Waals surface area contributed by atoms with Crippen LogP contribution in [-0.2, 0) is 14.3 Å². The zero-order valence-corrected chi connectivity index (χ0v) is 10.0. The van der Waals surface area contributed by atoms with Crippen LogP contribution in [0.4, 0.5) is 0 Å². The van der Waals surface area contributed by atoms with Crippen LogP contribution in [-0.4, -0.2) is 38.4 Å². The fraction of sp³-hybridized carbons (Fsp3) is 0.909. The summed E-state index contributed by atoms with van der Waals surface area (Å²) in [7, 11) is 1.40. The Labute approximate surface area is 91.3 Å². The molecule has 0 aromatic carbocycles. The Hall–Kier alpha value is -0.610. The number of methoxy groups -OCH3 is 1. The smallest absolute Gasteiger partial charge is 0.319 e. The van der Waals surface area contributed by atoms with E-state index in [0.29, 0.717) is 12.1 Å². The minimum Gasteiger partial charge on any atom is -0.468 e. The van der Waals surface area contributed by atoms with Crippen LogP contribution in [0.1, 0.15) is 27.2 Å². The van der Waals surface area contributed by atoms with Gasteiger partial charge in [0.05, 0.1) is 19.8 Å². The molecule has 0 saturated heterocycles. The molecule has 4 nitrogen and oxygen atoms in total. The molecule has 0 radical (unpaired) electrons. The molecule has 1 saturated carbocycles. The third kappa shape index (κ3) is 2.69. The summed E-state index contributed by atoms with van der Waals surface area (Å²) in [4.78, 5) is 11.0. The van der Waals surface area contributed by atoms with Crippen molar-refractivity contribution in [3.8, 4) is 0 Å². The van der Waals surface area contributed by atoms with Crippen molar-refractivity contribution in [3.63, 3.8) is 0 Å². The highest BCUT2D eigenvalue weighted by atomic mass is 16.5. The zero-order chi connectivity index (χ0) is 11.5. The van der Waals surface area contributed by atoms with E-state index in [2.05, 4.69) is 23.9 Å². The second-order valence-electron chi connectivity index (χ2n) is 4.51. The van der Waals surface area contributed by atoms with E-state index in [0.717, 1.165) is 13.0 Å². The molecular weight excluding hydrogens is 194 g/mol. The number of hydrogen-bond donors (Lipinski definition) is 1. The van der Waals surface area contributed by atoms with Crippen molar-refractivity contribution in [2.75, 3.05) is 20.3 Å². The summed E-state index contributed by atoms with van der Waals surface area (Å²) in [5.74, 6) is -0.217. The Morgan fingerprint density at radius 1 is 1.53 bits per heavy atom. The summed E-state index contributed by atoms with van der Waals surface area (Å²) in [6.07, 6.45) is 1.27. The van der Waals surface area contributed by atoms with E-state index in [1.165, 1.54) is 7.11 Å². The number of carbonyl (C=O) groups is 1. The monoisotopic (exact) mass is 215 g/mol. The van der Waals surface area contributed by atoms with Gasteiger partial charge in [-0.2, -0.15) is 0 Å². The first-order valence-corrected chi connectivity index (χ1v) is 5.44. The molecule has 88 valence electrons. The molecule has 0 aromatic rings. The number of nitrogens with one attached hydrogen (secondary N) is 1. The third-order valence-corrected chi connectivity index (χ3v) is 3.27. The van der Waals surface area contributed by atoms with Crippen molar-refractivity contribution in [2.24, 2.45) is 5.41 Å². The van der Waals surface area contributed by atoms with E-state index in [1.54, 1.807) is 0 Å². The van der Waals surface area contributed by atoms with Crippen molar-refractivity contribution in [1.29, 1.82) is 0 Å². The van der Waals surface area contributed by atoms with E-state index in [1.807, 2.05) is 6.92 Å². The minimum absolute atomic E-state index is 0.101. The second-order valence-corrected chi connectivity index (χ2v) is 4.51. The van der Waals surface area contributed by atoms with Gasteiger partial charge in [-0.3, -0.25) is 4.79 Å². The maximum atomic E-state index is 11.0. The average molecular weight is 215 g/mol. The Morgan fingerprint density at radius 2 is 2.20 bits per heavy atom. The summed E-state index contributed by atoms with van der Waals surface area (Å²) >= 11 is 0. The molecule has 4 heteroatoms. The summed E-state index contributed by atoms with van der Waals surface area (Å²) in [5, 5.41) is 3.19. The number of rotatable bonds is 5. The van der Waals surface area contributed by atoms with Gasteiger partial charge in [0.25, 0.3) is 0 Å². The fourth-order valence-corrected chi connectivity index (χ4v) is 1.99. The van der Waals surface area contributed by atoms with Crippen LogP contribution in [0, 0.1) is 5.41 Å². The highest BCUT2D eigenvalue weighted by Gasteiger charge is 2.48. The first-order chi connectivity index (χ1) is 7.02. The molecule has 0 aliphatic heterocycles. The molecule has 1 N–H and O–H groups in total. The highest BCUT2D eigenvalue weighted by molar-refractivity contribution is 5.71. The maximum Gasteiger partial charge on any atom is 0.319 e. The molecule has 0 spiro atoms. The van der Waals surface area contributed by atoms with Crippen molar-refractivity contribution < 1.29 is 14.3 Å². The summed E-state index contributed by atoms with van der Waals surface area (Å²) in [6.45, 7) is 7.35. The molecule has 1 aliphatic rings. The summed E-state index contributed by atoms with van der Waals surface area (Å²) in [5.41, 5.74) is 0.101. The molecule has 1 aliphatic carbocycles. The summed E-state index contributed by atoms with van der Waals surface area (Å²) < 4.78 is 10.2. The van der Waals surface area contributed by atoms with Crippen LogP contribution in [0.5, 0.6) is 0 Å². The van der Waals surface area contributed by atoms with Crippen molar-refractivity contribution in [2.45, 2.75) is 39.3 Å². The van der Waals surface area contributed by atoms with Gasteiger partial charge in [-0.05, 0) is 13.3 Å². The van der Waals surface area contributed by atoms with Crippen LogP contribution in [0.2, 0.25) is 0 Å². The van der Waals surface area contributed by atoms with E-state index in [9.17, 15) is 4.79 Å². The standard InChI is InChI=1S/C11H21NO3/c1-5-15-9-6-8(11(9,2)3)12-7-10(13)14-4/h8-9,12H,5-7H2,1-4H3. The first-order valence-electron chi connectivity index (χ1n) is 5.44. The van der Waals surface area contributed by atoms with Gasteiger partial charge in [-0.1, -0.05) is 13.8 Å². The van der Waals surface area contributed by atoms with Crippen molar-refractivity contribution >= 4 is 5.97 Å². The molecule has 0 aromatic heterocycles. The molecule has 2 atom stereocenters. The molecule has 15 heavy (non-hydrogen) atoms. The van der Waals surface area contributed by atoms with Gasteiger partial charge in [0.2, 0.25) is 0 Å². The Morgan fingerprint density at radius 3 is 2.67 bits per heavy atom. The average Bonchev–Trinajstić information content (AvgIpc) is 2.21. The molecule has 0 bridgehead atoms. The van der Waals surface area contributed by atoms with Gasteiger partial charge >= 0.3 is 5.97 Å². The fourth-order valence-electron chi connectivity index (χ4n) is 1.99. The van der Waals surface area contributed by atoms with Crippen LogP contribution in [0.15, 0.2) is 0 Å². The zero-order valence-electron chi connectivity index (χ0n) is 10.0. The van der Waals surface area contributed by atoms with E-state index < -0.39 is 0 Å². The van der Waals surface area contributed by atoms with Crippen LogP contribution in [0.25, 0.3) is 0 Å². The number of esters is 1. The molecule has 2 unspecified atom stereocenters. The van der Waals surface area contributed by atoms with Gasteiger partial charge < -0.3 is 14.8 Å². The van der Waals surface area contributed by atoms with Gasteiger partial charge in [0.1, 0.15) is 0 Å². The lowest BCUT2D eigenvalue weighted by molar-refractivity contribution is -0.142. The lowest BCUT2D eigenvalue weighted by atomic mass is 9.64. The largest absolute Gasteiger partial charge is 0.468 e. The quantitative estimate of drug-likeness (QED) is 0.694. The summed E-state index contributed by atoms with van der Waals surface area (Å²) in [6, 6.07) is 0.341. The van der Waals surface area contributed by atoms with Crippen LogP contribution in [0.3, 0.4) is 0 Å². The Kier molecular flexibility index (Phi) is 4.11. The van der Waals surface area contributed by atoms with E-state index >= 15 is 0 Å². The van der Waals surface area contributed by atoms with E-state index in [-0.39, 0.29) is 17.9 Å². The Balaban J connectivity index is 2.32. The predicted octanol–water partition coefficient (Wildman–Crippen LogP) is 0.953. The molecule has 0 amide bonds. The highest BCUT2D eigenvalue weighted by Crippen LogP contribution is 2.42. The first kappa shape index (κ1) is 12.5. The van der Waals surface area contributed by atoms with Gasteiger partial charge in [-0.15, -0.1) is 0 Å².